The molecule has 0 spiro atoms. The SMILES string of the molecule is C/N=c1\scc(CN2CCN(C(=O)CCS(=O)(=O)c3ccc4cc(Cl)ccc4c3)C(OC(C)=O)C2)n1C. The fourth-order valence-corrected chi connectivity index (χ4v) is 6.67. The molecule has 37 heavy (non-hydrogen) atoms. The number of nitrogens with zero attached hydrogens (tertiary/aromatic N) is 4. The van der Waals surface area contributed by atoms with Crippen LogP contribution in [0.15, 0.2) is 51.7 Å². The van der Waals surface area contributed by atoms with Gasteiger partial charge in [-0.15, -0.1) is 11.3 Å². The van der Waals surface area contributed by atoms with Gasteiger partial charge in [-0.25, -0.2) is 8.42 Å². The summed E-state index contributed by atoms with van der Waals surface area (Å²) in [6.45, 7) is 3.14. The molecule has 0 saturated carbocycles. The number of ether oxygens (including phenoxy) is 1. The lowest BCUT2D eigenvalue weighted by atomic mass is 10.1. The number of thiazole rings is 1. The maximum Gasteiger partial charge on any atom is 0.304 e. The second-order valence-electron chi connectivity index (χ2n) is 8.90. The molecule has 2 heterocycles. The van der Waals surface area contributed by atoms with Gasteiger partial charge >= 0.3 is 5.97 Å². The Labute approximate surface area is 224 Å². The maximum absolute atomic E-state index is 13.1. The van der Waals surface area contributed by atoms with E-state index in [2.05, 4.69) is 9.89 Å². The summed E-state index contributed by atoms with van der Waals surface area (Å²) < 4.78 is 33.5. The first kappa shape index (κ1) is 27.3. The molecule has 9 nitrogen and oxygen atoms in total. The van der Waals surface area contributed by atoms with Crippen molar-refractivity contribution in [3.63, 3.8) is 0 Å². The molecule has 1 aromatic heterocycles. The first-order chi connectivity index (χ1) is 17.6. The van der Waals surface area contributed by atoms with Crippen molar-refractivity contribution >= 4 is 55.4 Å². The molecule has 2 aromatic carbocycles. The summed E-state index contributed by atoms with van der Waals surface area (Å²) in [6.07, 6.45) is -0.995. The van der Waals surface area contributed by atoms with E-state index in [4.69, 9.17) is 16.3 Å². The molecule has 198 valence electrons. The van der Waals surface area contributed by atoms with Crippen LogP contribution >= 0.6 is 22.9 Å². The van der Waals surface area contributed by atoms with Crippen molar-refractivity contribution in [1.82, 2.24) is 14.4 Å². The zero-order valence-corrected chi connectivity index (χ0v) is 23.3. The van der Waals surface area contributed by atoms with Gasteiger partial charge in [0, 0.05) is 63.2 Å². The van der Waals surface area contributed by atoms with E-state index < -0.39 is 22.0 Å². The van der Waals surface area contributed by atoms with Gasteiger partial charge in [-0.05, 0) is 35.0 Å². The number of sulfone groups is 1. The second-order valence-corrected chi connectivity index (χ2v) is 12.3. The van der Waals surface area contributed by atoms with Crippen LogP contribution in [0.3, 0.4) is 0 Å². The highest BCUT2D eigenvalue weighted by atomic mass is 35.5. The minimum atomic E-state index is -3.70. The first-order valence-electron chi connectivity index (χ1n) is 11.7. The number of carbonyl (C=O) groups is 2. The van der Waals surface area contributed by atoms with Crippen LogP contribution in [-0.4, -0.2) is 73.3 Å². The van der Waals surface area contributed by atoms with Gasteiger partial charge in [-0.1, -0.05) is 23.7 Å². The minimum absolute atomic E-state index is 0.151. The first-order valence-corrected chi connectivity index (χ1v) is 14.7. The summed E-state index contributed by atoms with van der Waals surface area (Å²) in [5, 5.41) is 4.19. The average Bonchev–Trinajstić information content (AvgIpc) is 3.21. The largest absolute Gasteiger partial charge is 0.440 e. The summed E-state index contributed by atoms with van der Waals surface area (Å²) in [4.78, 5) is 33.7. The lowest BCUT2D eigenvalue weighted by molar-refractivity contribution is -0.170. The molecule has 1 atom stereocenters. The Balaban J connectivity index is 1.43. The van der Waals surface area contributed by atoms with Gasteiger partial charge in [0.1, 0.15) is 0 Å². The lowest BCUT2D eigenvalue weighted by Gasteiger charge is -2.40. The molecule has 0 radical (unpaired) electrons. The molecule has 1 fully saturated rings. The van der Waals surface area contributed by atoms with E-state index in [-0.39, 0.29) is 23.0 Å². The van der Waals surface area contributed by atoms with Crippen molar-refractivity contribution in [1.29, 1.82) is 0 Å². The second kappa shape index (κ2) is 11.3. The Bertz CT molecular complexity index is 1500. The van der Waals surface area contributed by atoms with E-state index in [1.807, 2.05) is 17.0 Å². The number of amides is 1. The van der Waals surface area contributed by atoms with Crippen LogP contribution in [0.25, 0.3) is 10.8 Å². The van der Waals surface area contributed by atoms with Crippen molar-refractivity contribution in [2.45, 2.75) is 31.0 Å². The van der Waals surface area contributed by atoms with Crippen molar-refractivity contribution in [3.8, 4) is 0 Å². The van der Waals surface area contributed by atoms with Gasteiger partial charge in [-0.2, -0.15) is 0 Å². The number of hydrogen-bond donors (Lipinski definition) is 0. The normalized spacial score (nSPS) is 17.4. The number of carbonyl (C=O) groups excluding carboxylic acids is 2. The number of aromatic nitrogens is 1. The van der Waals surface area contributed by atoms with Crippen LogP contribution in [0.5, 0.6) is 0 Å². The number of piperazine rings is 1. The van der Waals surface area contributed by atoms with Crippen LogP contribution in [-0.2, 0) is 37.8 Å². The smallest absolute Gasteiger partial charge is 0.304 e. The van der Waals surface area contributed by atoms with E-state index >= 15 is 0 Å². The summed E-state index contributed by atoms with van der Waals surface area (Å²) >= 11 is 7.56. The summed E-state index contributed by atoms with van der Waals surface area (Å²) in [6, 6.07) is 10.1. The molecule has 0 bridgehead atoms. The Kier molecular flexibility index (Phi) is 8.37. The third kappa shape index (κ3) is 6.40. The maximum atomic E-state index is 13.1. The zero-order chi connectivity index (χ0) is 26.7. The third-order valence-electron chi connectivity index (χ3n) is 6.35. The number of halogens is 1. The lowest BCUT2D eigenvalue weighted by Crippen LogP contribution is -2.56. The molecule has 0 N–H and O–H groups in total. The van der Waals surface area contributed by atoms with Gasteiger partial charge in [-0.3, -0.25) is 19.5 Å². The van der Waals surface area contributed by atoms with E-state index in [1.165, 1.54) is 17.9 Å². The number of benzene rings is 2. The number of rotatable bonds is 7. The van der Waals surface area contributed by atoms with Gasteiger partial charge in [0.05, 0.1) is 17.2 Å². The van der Waals surface area contributed by atoms with Crippen molar-refractivity contribution in [2.24, 2.45) is 12.0 Å². The van der Waals surface area contributed by atoms with Crippen molar-refractivity contribution in [2.75, 3.05) is 32.4 Å². The molecule has 4 rings (SSSR count). The van der Waals surface area contributed by atoms with Crippen molar-refractivity contribution in [3.05, 3.63) is 57.3 Å². The monoisotopic (exact) mass is 564 g/mol. The molecule has 12 heteroatoms. The third-order valence-corrected chi connectivity index (χ3v) is 9.36. The fraction of sp³-hybridized carbons (Fsp3) is 0.400. The Morgan fingerprint density at radius 3 is 2.59 bits per heavy atom. The van der Waals surface area contributed by atoms with Gasteiger partial charge in [0.15, 0.2) is 20.9 Å². The molecule has 1 amide bonds. The zero-order valence-electron chi connectivity index (χ0n) is 20.9. The highest BCUT2D eigenvalue weighted by Gasteiger charge is 2.33. The van der Waals surface area contributed by atoms with Crippen LogP contribution < -0.4 is 4.80 Å². The summed E-state index contributed by atoms with van der Waals surface area (Å²) in [5.74, 6) is -1.21. The van der Waals surface area contributed by atoms with E-state index in [0.717, 1.165) is 21.3 Å². The van der Waals surface area contributed by atoms with Crippen molar-refractivity contribution < 1.29 is 22.7 Å². The molecular formula is C25H29ClN4O5S2. The molecule has 1 aliphatic heterocycles. The molecule has 1 aliphatic rings. The topological polar surface area (TPSA) is 101 Å². The Morgan fingerprint density at radius 2 is 1.89 bits per heavy atom. The predicted octanol–water partition coefficient (Wildman–Crippen LogP) is 2.82. The highest BCUT2D eigenvalue weighted by Crippen LogP contribution is 2.24. The Morgan fingerprint density at radius 1 is 1.16 bits per heavy atom. The minimum Gasteiger partial charge on any atom is -0.440 e. The summed E-state index contributed by atoms with van der Waals surface area (Å²) in [5.41, 5.74) is 1.07. The van der Waals surface area contributed by atoms with E-state index in [0.29, 0.717) is 31.2 Å². The molecule has 1 unspecified atom stereocenters. The quantitative estimate of drug-likeness (QED) is 0.409. The molecular weight excluding hydrogens is 536 g/mol. The summed E-state index contributed by atoms with van der Waals surface area (Å²) in [7, 11) is -0.0117. The Hall–Kier alpha value is -2.73. The average molecular weight is 565 g/mol. The number of esters is 1. The van der Waals surface area contributed by atoms with E-state index in [1.54, 1.807) is 48.7 Å². The standard InChI is InChI=1S/C25H29ClN4O5S2/c1-17(31)35-24-15-29(14-21-16-36-25(27-2)28(21)3)9-10-30(24)23(32)8-11-37(33,34)22-7-5-18-12-20(26)6-4-19(18)13-22/h4-7,12-13,16,24H,8-11,14-15H2,1-3H3/b27-25-. The molecule has 1 saturated heterocycles. The fourth-order valence-electron chi connectivity index (χ4n) is 4.37. The number of hydrogen-bond acceptors (Lipinski definition) is 8. The van der Waals surface area contributed by atoms with E-state index in [9.17, 15) is 18.0 Å². The van der Waals surface area contributed by atoms with Gasteiger partial charge in [0.2, 0.25) is 5.91 Å². The van der Waals surface area contributed by atoms with Gasteiger partial charge in [0.25, 0.3) is 0 Å². The van der Waals surface area contributed by atoms with Crippen LogP contribution in [0.2, 0.25) is 5.02 Å². The number of fused-ring (bicyclic) bond motifs is 1. The van der Waals surface area contributed by atoms with Crippen LogP contribution in [0.1, 0.15) is 19.0 Å². The van der Waals surface area contributed by atoms with Gasteiger partial charge < -0.3 is 14.2 Å². The molecule has 3 aromatic rings. The van der Waals surface area contributed by atoms with Crippen LogP contribution in [0, 0.1) is 0 Å². The van der Waals surface area contributed by atoms with Crippen LogP contribution in [0.4, 0.5) is 0 Å². The highest BCUT2D eigenvalue weighted by molar-refractivity contribution is 7.91. The molecule has 0 aliphatic carbocycles. The predicted molar refractivity (Wildman–Crippen MR) is 143 cm³/mol.